The summed E-state index contributed by atoms with van der Waals surface area (Å²) in [6.07, 6.45) is 2.12. The van der Waals surface area contributed by atoms with Crippen molar-refractivity contribution in [3.05, 3.63) is 125 Å². The quantitative estimate of drug-likeness (QED) is 0.211. The van der Waals surface area contributed by atoms with Gasteiger partial charge in [0.05, 0.1) is 17.8 Å². The molecule has 1 aliphatic heterocycles. The van der Waals surface area contributed by atoms with Crippen molar-refractivity contribution in [2.75, 3.05) is 11.9 Å². The van der Waals surface area contributed by atoms with Gasteiger partial charge in [0.1, 0.15) is 0 Å². The minimum absolute atomic E-state index is 0.0457. The lowest BCUT2D eigenvalue weighted by Crippen LogP contribution is -2.33. The molecule has 3 aromatic carbocycles. The van der Waals surface area contributed by atoms with E-state index in [1.54, 1.807) is 0 Å². The molecule has 1 fully saturated rings. The van der Waals surface area contributed by atoms with Crippen LogP contribution in [0.4, 0.5) is 5.69 Å². The number of fused-ring (bicyclic) bond motifs is 1. The average Bonchev–Trinajstić information content (AvgIpc) is 3.43. The number of thiocarbonyl (C=S) groups is 1. The van der Waals surface area contributed by atoms with Gasteiger partial charge < -0.3 is 20.1 Å². The molecular weight excluding hydrogens is 526 g/mol. The Hall–Kier alpha value is -4.49. The molecule has 3 heterocycles. The van der Waals surface area contributed by atoms with Crippen LogP contribution in [0, 0.1) is 20.8 Å². The molecule has 0 radical (unpaired) electrons. The first kappa shape index (κ1) is 26.7. The third-order valence-corrected chi connectivity index (χ3v) is 8.51. The number of benzene rings is 3. The molecule has 0 bridgehead atoms. The highest BCUT2D eigenvalue weighted by Crippen LogP contribution is 2.43. The SMILES string of the molecule is Cc1c(C2C(c3ccccn3)NC(=S)N2CCC(=O)Nc2cccc3ccccc23)c(C)n(-c2ccccc2)c1C. The lowest BCUT2D eigenvalue weighted by atomic mass is 9.93. The molecule has 41 heavy (non-hydrogen) atoms. The molecule has 2 aromatic heterocycles. The molecule has 6 nitrogen and oxygen atoms in total. The summed E-state index contributed by atoms with van der Waals surface area (Å²) >= 11 is 5.91. The number of carbonyl (C=O) groups is 1. The standard InChI is InChI=1S/C34H33N5OS/c1-22-23(2)39(26-14-5-4-6-15-26)24(3)31(22)33-32(29-17-9-10-20-35-29)37-34(41)38(33)21-19-30(40)36-28-18-11-13-25-12-7-8-16-27(25)28/h4-18,20,32-33H,19,21H2,1-3H3,(H,36,40)(H,37,41). The maximum absolute atomic E-state index is 13.3. The molecular formula is C34H33N5OS. The van der Waals surface area contributed by atoms with Crippen molar-refractivity contribution in [2.45, 2.75) is 39.3 Å². The van der Waals surface area contributed by atoms with Crippen molar-refractivity contribution >= 4 is 39.7 Å². The zero-order valence-electron chi connectivity index (χ0n) is 23.5. The number of hydrogen-bond acceptors (Lipinski definition) is 3. The molecule has 2 atom stereocenters. The highest BCUT2D eigenvalue weighted by Gasteiger charge is 2.42. The summed E-state index contributed by atoms with van der Waals surface area (Å²) in [5.41, 5.74) is 7.65. The van der Waals surface area contributed by atoms with Crippen LogP contribution in [0.15, 0.2) is 97.2 Å². The number of pyridine rings is 1. The second kappa shape index (κ2) is 11.2. The van der Waals surface area contributed by atoms with Crippen molar-refractivity contribution in [1.29, 1.82) is 0 Å². The van der Waals surface area contributed by atoms with Gasteiger partial charge in [0.15, 0.2) is 5.11 Å². The number of rotatable bonds is 7. The Labute approximate surface area is 246 Å². The fourth-order valence-electron chi connectivity index (χ4n) is 6.14. The molecule has 0 aliphatic carbocycles. The van der Waals surface area contributed by atoms with E-state index in [4.69, 9.17) is 17.2 Å². The minimum Gasteiger partial charge on any atom is -0.352 e. The smallest absolute Gasteiger partial charge is 0.226 e. The van der Waals surface area contributed by atoms with Crippen molar-refractivity contribution in [3.8, 4) is 5.69 Å². The predicted octanol–water partition coefficient (Wildman–Crippen LogP) is 6.95. The first-order valence-corrected chi connectivity index (χ1v) is 14.3. The van der Waals surface area contributed by atoms with Gasteiger partial charge in [-0.3, -0.25) is 9.78 Å². The van der Waals surface area contributed by atoms with Crippen LogP contribution < -0.4 is 10.6 Å². The summed E-state index contributed by atoms with van der Waals surface area (Å²) in [4.78, 5) is 20.1. The van der Waals surface area contributed by atoms with Gasteiger partial charge in [0.25, 0.3) is 0 Å². The predicted molar refractivity (Wildman–Crippen MR) is 169 cm³/mol. The third-order valence-electron chi connectivity index (χ3n) is 8.16. The van der Waals surface area contributed by atoms with E-state index >= 15 is 0 Å². The van der Waals surface area contributed by atoms with E-state index in [9.17, 15) is 4.79 Å². The summed E-state index contributed by atoms with van der Waals surface area (Å²) in [6.45, 7) is 6.99. The molecule has 2 N–H and O–H groups in total. The van der Waals surface area contributed by atoms with Crippen molar-refractivity contribution in [2.24, 2.45) is 0 Å². The summed E-state index contributed by atoms with van der Waals surface area (Å²) in [6, 6.07) is 30.2. The zero-order chi connectivity index (χ0) is 28.5. The monoisotopic (exact) mass is 559 g/mol. The molecule has 2 unspecified atom stereocenters. The van der Waals surface area contributed by atoms with Crippen LogP contribution >= 0.6 is 12.2 Å². The minimum atomic E-state index is -0.145. The van der Waals surface area contributed by atoms with E-state index in [2.05, 4.69) is 77.3 Å². The van der Waals surface area contributed by atoms with Gasteiger partial charge in [0, 0.05) is 52.9 Å². The lowest BCUT2D eigenvalue weighted by Gasteiger charge is -2.29. The van der Waals surface area contributed by atoms with Crippen LogP contribution in [0.2, 0.25) is 0 Å². The van der Waals surface area contributed by atoms with Crippen LogP contribution in [0.3, 0.4) is 0 Å². The number of anilines is 1. The molecule has 1 aliphatic rings. The molecule has 1 amide bonds. The van der Waals surface area contributed by atoms with E-state index in [-0.39, 0.29) is 18.0 Å². The van der Waals surface area contributed by atoms with E-state index in [0.29, 0.717) is 18.1 Å². The largest absolute Gasteiger partial charge is 0.352 e. The van der Waals surface area contributed by atoms with Gasteiger partial charge >= 0.3 is 0 Å². The maximum atomic E-state index is 13.3. The Kier molecular flexibility index (Phi) is 7.28. The van der Waals surface area contributed by atoms with Gasteiger partial charge in [-0.1, -0.05) is 60.7 Å². The van der Waals surface area contributed by atoms with E-state index in [1.807, 2.05) is 60.8 Å². The Bertz CT molecular complexity index is 1730. The van der Waals surface area contributed by atoms with Crippen LogP contribution in [-0.2, 0) is 4.79 Å². The first-order chi connectivity index (χ1) is 19.9. The van der Waals surface area contributed by atoms with Gasteiger partial charge in [-0.05, 0) is 74.3 Å². The fourth-order valence-corrected chi connectivity index (χ4v) is 6.47. The highest BCUT2D eigenvalue weighted by molar-refractivity contribution is 7.80. The number of nitrogens with zero attached hydrogens (tertiary/aromatic N) is 3. The third kappa shape index (κ3) is 4.98. The number of aromatic nitrogens is 2. The number of hydrogen-bond donors (Lipinski definition) is 2. The van der Waals surface area contributed by atoms with Gasteiger partial charge in [0.2, 0.25) is 5.91 Å². The summed E-state index contributed by atoms with van der Waals surface area (Å²) in [5.74, 6) is -0.0457. The molecule has 0 spiro atoms. The number of nitrogens with one attached hydrogen (secondary N) is 2. The zero-order valence-corrected chi connectivity index (χ0v) is 24.3. The summed E-state index contributed by atoms with van der Waals surface area (Å²) < 4.78 is 2.31. The van der Waals surface area contributed by atoms with Crippen molar-refractivity contribution in [1.82, 2.24) is 19.8 Å². The number of para-hydroxylation sites is 1. The van der Waals surface area contributed by atoms with Gasteiger partial charge in [-0.2, -0.15) is 0 Å². The van der Waals surface area contributed by atoms with Crippen molar-refractivity contribution < 1.29 is 4.79 Å². The second-order valence-corrected chi connectivity index (χ2v) is 10.9. The molecule has 206 valence electrons. The Balaban J connectivity index is 1.33. The van der Waals surface area contributed by atoms with E-state index in [0.717, 1.165) is 33.5 Å². The normalized spacial score (nSPS) is 16.7. The van der Waals surface area contributed by atoms with Gasteiger partial charge in [-0.25, -0.2) is 0 Å². The number of amides is 1. The summed E-state index contributed by atoms with van der Waals surface area (Å²) in [7, 11) is 0. The van der Waals surface area contributed by atoms with E-state index < -0.39 is 0 Å². The van der Waals surface area contributed by atoms with Crippen LogP contribution in [0.5, 0.6) is 0 Å². The fraction of sp³-hybridized carbons (Fsp3) is 0.206. The average molecular weight is 560 g/mol. The molecule has 1 saturated heterocycles. The van der Waals surface area contributed by atoms with Crippen LogP contribution in [0.25, 0.3) is 16.5 Å². The second-order valence-electron chi connectivity index (χ2n) is 10.5. The Morgan fingerprint density at radius 1 is 0.902 bits per heavy atom. The van der Waals surface area contributed by atoms with Crippen LogP contribution in [-0.4, -0.2) is 32.0 Å². The van der Waals surface area contributed by atoms with E-state index in [1.165, 1.54) is 16.8 Å². The summed E-state index contributed by atoms with van der Waals surface area (Å²) in [5, 5.41) is 9.43. The van der Waals surface area contributed by atoms with Crippen molar-refractivity contribution in [3.63, 3.8) is 0 Å². The van der Waals surface area contributed by atoms with Gasteiger partial charge in [-0.15, -0.1) is 0 Å². The van der Waals surface area contributed by atoms with Crippen LogP contribution in [0.1, 0.15) is 46.7 Å². The number of carbonyl (C=O) groups excluding carboxylic acids is 1. The molecule has 7 heteroatoms. The highest BCUT2D eigenvalue weighted by atomic mass is 32.1. The lowest BCUT2D eigenvalue weighted by molar-refractivity contribution is -0.116. The first-order valence-electron chi connectivity index (χ1n) is 13.9. The molecule has 6 rings (SSSR count). The topological polar surface area (TPSA) is 62.2 Å². The Morgan fingerprint density at radius 3 is 2.41 bits per heavy atom. The molecule has 0 saturated carbocycles. The Morgan fingerprint density at radius 2 is 1.63 bits per heavy atom. The maximum Gasteiger partial charge on any atom is 0.226 e. The molecule has 5 aromatic rings.